The summed E-state index contributed by atoms with van der Waals surface area (Å²) in [7, 11) is 0. The van der Waals surface area contributed by atoms with Crippen LogP contribution in [0.4, 0.5) is 0 Å². The zero-order valence-corrected chi connectivity index (χ0v) is 17.9. The van der Waals surface area contributed by atoms with Gasteiger partial charge in [-0.1, -0.05) is 20.8 Å². The third-order valence-electron chi connectivity index (χ3n) is 9.72. The van der Waals surface area contributed by atoms with Crippen molar-refractivity contribution in [3.63, 3.8) is 0 Å². The van der Waals surface area contributed by atoms with Gasteiger partial charge in [0.05, 0.1) is 0 Å². The third kappa shape index (κ3) is 3.02. The van der Waals surface area contributed by atoms with Gasteiger partial charge in [0.15, 0.2) is 0 Å². The van der Waals surface area contributed by atoms with E-state index in [1.54, 1.807) is 0 Å². The Morgan fingerprint density at radius 2 is 1.83 bits per heavy atom. The first-order valence-electron chi connectivity index (χ1n) is 11.4. The van der Waals surface area contributed by atoms with Gasteiger partial charge in [-0.15, -0.1) is 0 Å². The van der Waals surface area contributed by atoms with E-state index >= 15 is 0 Å². The molecular weight excluding hydrogens is 368 g/mol. The van der Waals surface area contributed by atoms with Gasteiger partial charge in [-0.05, 0) is 60.7 Å². The minimum atomic E-state index is -0.792. The van der Waals surface area contributed by atoms with E-state index in [0.29, 0.717) is 32.1 Å². The summed E-state index contributed by atoms with van der Waals surface area (Å²) >= 11 is 0. The number of aliphatic carboxylic acids is 1. The molecule has 5 nitrogen and oxygen atoms in total. The molecule has 0 aromatic rings. The molecule has 0 heterocycles. The molecule has 0 aliphatic heterocycles. The average molecular weight is 403 g/mol. The predicted molar refractivity (Wildman–Crippen MR) is 107 cm³/mol. The molecule has 4 aliphatic carbocycles. The average Bonchev–Trinajstić information content (AvgIpc) is 3.01. The second kappa shape index (κ2) is 7.02. The Morgan fingerprint density at radius 1 is 1.10 bits per heavy atom. The number of carboxylic acids is 1. The summed E-state index contributed by atoms with van der Waals surface area (Å²) in [6.07, 6.45) is 5.33. The standard InChI is InChI=1S/C24H34O5/c1-13(4-7-21(28)29)16-5-6-17-22-18(12-20(27)24(16,17)3)23(2)9-8-15(25)10-14(23)11-19(22)26/h13-14,16-18,22H,4-12H2,1-3H3,(H,28,29)/t13-,14?,16-,17?,18?,22?,23+,24-/m1/s1. The molecule has 0 spiro atoms. The molecule has 29 heavy (non-hydrogen) atoms. The monoisotopic (exact) mass is 402 g/mol. The van der Waals surface area contributed by atoms with Crippen molar-refractivity contribution in [3.05, 3.63) is 0 Å². The molecule has 0 amide bonds. The molecular formula is C24H34O5. The summed E-state index contributed by atoms with van der Waals surface area (Å²) in [6.45, 7) is 6.37. The van der Waals surface area contributed by atoms with E-state index in [1.807, 2.05) is 0 Å². The summed E-state index contributed by atoms with van der Waals surface area (Å²) in [4.78, 5) is 50.0. The van der Waals surface area contributed by atoms with E-state index in [4.69, 9.17) is 5.11 Å². The smallest absolute Gasteiger partial charge is 0.303 e. The summed E-state index contributed by atoms with van der Waals surface area (Å²) < 4.78 is 0. The molecule has 0 aromatic heterocycles. The summed E-state index contributed by atoms with van der Waals surface area (Å²) in [5, 5.41) is 9.06. The lowest BCUT2D eigenvalue weighted by Gasteiger charge is -2.58. The maximum absolute atomic E-state index is 13.6. The van der Waals surface area contributed by atoms with Gasteiger partial charge < -0.3 is 5.11 Å². The Kier molecular flexibility index (Phi) is 5.02. The molecule has 4 saturated carbocycles. The van der Waals surface area contributed by atoms with E-state index in [2.05, 4.69) is 20.8 Å². The minimum absolute atomic E-state index is 0.0659. The number of carboxylic acid groups (broad SMARTS) is 1. The number of rotatable bonds is 4. The highest BCUT2D eigenvalue weighted by molar-refractivity contribution is 5.93. The molecule has 160 valence electrons. The molecule has 0 bridgehead atoms. The molecule has 4 rings (SSSR count). The van der Waals surface area contributed by atoms with Crippen LogP contribution in [0.1, 0.15) is 78.6 Å². The number of hydrogen-bond donors (Lipinski definition) is 1. The molecule has 0 radical (unpaired) electrons. The first-order valence-corrected chi connectivity index (χ1v) is 11.4. The summed E-state index contributed by atoms with van der Waals surface area (Å²) in [5.74, 6) is 0.524. The van der Waals surface area contributed by atoms with Crippen molar-refractivity contribution in [2.75, 3.05) is 0 Å². The van der Waals surface area contributed by atoms with E-state index in [0.717, 1.165) is 19.3 Å². The number of ketones is 3. The highest BCUT2D eigenvalue weighted by Gasteiger charge is 2.66. The number of Topliss-reactive ketones (excluding diaryl/α,β-unsaturated/α-hetero) is 3. The first-order chi connectivity index (χ1) is 13.6. The van der Waals surface area contributed by atoms with E-state index in [-0.39, 0.29) is 64.7 Å². The summed E-state index contributed by atoms with van der Waals surface area (Å²) in [5.41, 5.74) is -0.598. The molecule has 1 N–H and O–H groups in total. The number of fused-ring (bicyclic) bond motifs is 5. The molecule has 4 unspecified atom stereocenters. The van der Waals surface area contributed by atoms with Gasteiger partial charge >= 0.3 is 5.97 Å². The van der Waals surface area contributed by atoms with Crippen LogP contribution in [-0.2, 0) is 19.2 Å². The Morgan fingerprint density at radius 3 is 2.52 bits per heavy atom. The van der Waals surface area contributed by atoms with Gasteiger partial charge in [0, 0.05) is 43.4 Å². The molecule has 8 atom stereocenters. The van der Waals surface area contributed by atoms with Crippen molar-refractivity contribution in [1.29, 1.82) is 0 Å². The quantitative estimate of drug-likeness (QED) is 0.766. The van der Waals surface area contributed by atoms with Crippen LogP contribution in [0, 0.1) is 46.3 Å². The Bertz CT molecular complexity index is 756. The molecule has 0 aromatic carbocycles. The fourth-order valence-electron chi connectivity index (χ4n) is 7.94. The van der Waals surface area contributed by atoms with E-state index in [1.165, 1.54) is 0 Å². The normalized spacial score (nSPS) is 45.3. The van der Waals surface area contributed by atoms with Crippen LogP contribution in [-0.4, -0.2) is 28.4 Å². The van der Waals surface area contributed by atoms with Crippen molar-refractivity contribution >= 4 is 23.3 Å². The zero-order chi connectivity index (χ0) is 21.1. The predicted octanol–water partition coefficient (Wildman–Crippen LogP) is 4.07. The Balaban J connectivity index is 1.63. The van der Waals surface area contributed by atoms with Crippen LogP contribution in [0.5, 0.6) is 0 Å². The fraction of sp³-hybridized carbons (Fsp3) is 0.833. The van der Waals surface area contributed by atoms with Gasteiger partial charge in [0.2, 0.25) is 0 Å². The van der Waals surface area contributed by atoms with Crippen LogP contribution in [0.15, 0.2) is 0 Å². The van der Waals surface area contributed by atoms with E-state index in [9.17, 15) is 19.2 Å². The van der Waals surface area contributed by atoms with Crippen molar-refractivity contribution < 1.29 is 24.3 Å². The Labute approximate surface area is 173 Å². The SMILES string of the molecule is C[C@H](CCC(=O)O)[C@H]1CCC2C3C(=O)CC4CC(=O)CC[C@]4(C)C3CC(=O)[C@@]21C. The lowest BCUT2D eigenvalue weighted by atomic mass is 9.44. The van der Waals surface area contributed by atoms with Crippen LogP contribution in [0.25, 0.3) is 0 Å². The van der Waals surface area contributed by atoms with Gasteiger partial charge in [-0.2, -0.15) is 0 Å². The van der Waals surface area contributed by atoms with Crippen LogP contribution >= 0.6 is 0 Å². The van der Waals surface area contributed by atoms with Gasteiger partial charge in [0.25, 0.3) is 0 Å². The van der Waals surface area contributed by atoms with Crippen molar-refractivity contribution in [3.8, 4) is 0 Å². The summed E-state index contributed by atoms with van der Waals surface area (Å²) in [6, 6.07) is 0. The van der Waals surface area contributed by atoms with Crippen LogP contribution in [0.3, 0.4) is 0 Å². The molecule has 4 fully saturated rings. The number of carbonyl (C=O) groups is 4. The topological polar surface area (TPSA) is 88.5 Å². The maximum atomic E-state index is 13.6. The van der Waals surface area contributed by atoms with Crippen LogP contribution in [0.2, 0.25) is 0 Å². The minimum Gasteiger partial charge on any atom is -0.481 e. The van der Waals surface area contributed by atoms with Crippen molar-refractivity contribution in [2.24, 2.45) is 46.3 Å². The molecule has 0 saturated heterocycles. The van der Waals surface area contributed by atoms with Crippen molar-refractivity contribution in [1.82, 2.24) is 0 Å². The lowest BCUT2D eigenvalue weighted by molar-refractivity contribution is -0.166. The largest absolute Gasteiger partial charge is 0.481 e. The van der Waals surface area contributed by atoms with Gasteiger partial charge in [0.1, 0.15) is 17.3 Å². The fourth-order valence-corrected chi connectivity index (χ4v) is 7.94. The second-order valence-corrected chi connectivity index (χ2v) is 10.9. The molecule has 5 heteroatoms. The third-order valence-corrected chi connectivity index (χ3v) is 9.72. The molecule has 4 aliphatic rings. The van der Waals surface area contributed by atoms with Gasteiger partial charge in [-0.3, -0.25) is 19.2 Å². The highest BCUT2D eigenvalue weighted by atomic mass is 16.4. The lowest BCUT2D eigenvalue weighted by Crippen LogP contribution is -2.60. The zero-order valence-electron chi connectivity index (χ0n) is 17.9. The van der Waals surface area contributed by atoms with Crippen LogP contribution < -0.4 is 0 Å². The van der Waals surface area contributed by atoms with Crippen molar-refractivity contribution in [2.45, 2.75) is 78.6 Å². The number of carbonyl (C=O) groups excluding carboxylic acids is 3. The maximum Gasteiger partial charge on any atom is 0.303 e. The Hall–Kier alpha value is -1.52. The van der Waals surface area contributed by atoms with E-state index < -0.39 is 11.4 Å². The first kappa shape index (κ1) is 20.7. The number of hydrogen-bond acceptors (Lipinski definition) is 4. The van der Waals surface area contributed by atoms with Gasteiger partial charge in [-0.25, -0.2) is 0 Å². The second-order valence-electron chi connectivity index (χ2n) is 10.9. The highest BCUT2D eigenvalue weighted by Crippen LogP contribution is 2.66.